The van der Waals surface area contributed by atoms with Crippen LogP contribution in [-0.4, -0.2) is 65.1 Å². The van der Waals surface area contributed by atoms with Crippen molar-refractivity contribution in [1.82, 2.24) is 0 Å². The van der Waals surface area contributed by atoms with E-state index in [4.69, 9.17) is 0 Å². The zero-order chi connectivity index (χ0) is 8.53. The summed E-state index contributed by atoms with van der Waals surface area (Å²) in [7, 11) is 0. The normalized spacial score (nSPS) is 8.15. The van der Waals surface area contributed by atoms with E-state index in [0.717, 1.165) is 12.8 Å². The average Bonchev–Trinajstić information content (AvgIpc) is 2.04. The Morgan fingerprint density at radius 1 is 1.15 bits per heavy atom. The van der Waals surface area contributed by atoms with Crippen molar-refractivity contribution in [1.29, 1.82) is 0 Å². The molecule has 0 aliphatic heterocycles. The van der Waals surface area contributed by atoms with E-state index in [1.54, 1.807) is 0 Å². The molecule has 0 amide bonds. The fourth-order valence-corrected chi connectivity index (χ4v) is 0.932. The van der Waals surface area contributed by atoms with Gasteiger partial charge in [-0.1, -0.05) is 32.6 Å². The summed E-state index contributed by atoms with van der Waals surface area (Å²) in [6, 6.07) is 0. The summed E-state index contributed by atoms with van der Waals surface area (Å²) in [6.45, 7) is 2.16. The zero-order valence-electron chi connectivity index (χ0n) is 7.14. The number of unbranched alkanes of at least 4 members (excludes halogenated alkanes) is 4. The first-order chi connectivity index (χ1) is 5.31. The fraction of sp³-hybridized carbons (Fsp3) is 0.875. The monoisotopic (exact) mass is 207 g/mol. The van der Waals surface area contributed by atoms with Crippen LogP contribution in [0.1, 0.15) is 45.4 Å². The van der Waals surface area contributed by atoms with Crippen molar-refractivity contribution in [2.24, 2.45) is 5.90 Å². The van der Waals surface area contributed by atoms with Gasteiger partial charge in [0, 0.05) is 6.42 Å². The third-order valence-electron chi connectivity index (χ3n) is 1.62. The molecule has 0 bridgehead atoms. The van der Waals surface area contributed by atoms with Gasteiger partial charge in [-0.15, -0.1) is 0 Å². The molecule has 13 heavy (non-hydrogen) atoms. The van der Waals surface area contributed by atoms with Gasteiger partial charge in [0.05, 0.1) is 0 Å². The van der Waals surface area contributed by atoms with E-state index in [2.05, 4.69) is 17.7 Å². The zero-order valence-corrected chi connectivity index (χ0v) is 7.14. The summed E-state index contributed by atoms with van der Waals surface area (Å²) in [4.78, 5) is 14.5. The van der Waals surface area contributed by atoms with Gasteiger partial charge in [-0.3, -0.25) is 4.79 Å². The maximum atomic E-state index is 10.5. The molecule has 0 saturated heterocycles. The molecule has 5 heteroatoms. The van der Waals surface area contributed by atoms with Gasteiger partial charge in [0.1, 0.15) is 0 Å². The standard InChI is InChI=1S/C8H17NO2.2Na.2H/c1-2-3-4-5-6-7-8(10)11-9;;;;/h2-7,9H2,1H3;;;;. The second kappa shape index (κ2) is 15.9. The molecule has 0 fully saturated rings. The molecule has 0 radical (unpaired) electrons. The average molecular weight is 207 g/mol. The second-order valence-corrected chi connectivity index (χ2v) is 2.65. The Labute approximate surface area is 125 Å². The summed E-state index contributed by atoms with van der Waals surface area (Å²) < 4.78 is 0. The predicted octanol–water partition coefficient (Wildman–Crippen LogP) is 0.467. The number of hydrogen-bond acceptors (Lipinski definition) is 3. The van der Waals surface area contributed by atoms with Crippen LogP contribution in [0.4, 0.5) is 0 Å². The first kappa shape index (κ1) is 19.9. The molecule has 0 atom stereocenters. The predicted molar refractivity (Wildman–Crippen MR) is 58.0 cm³/mol. The van der Waals surface area contributed by atoms with Gasteiger partial charge in [-0.25, -0.2) is 0 Å². The van der Waals surface area contributed by atoms with E-state index in [0.29, 0.717) is 6.42 Å². The van der Waals surface area contributed by atoms with Crippen molar-refractivity contribution in [3.8, 4) is 0 Å². The van der Waals surface area contributed by atoms with Crippen molar-refractivity contribution >= 4 is 65.1 Å². The molecule has 0 aromatic heterocycles. The van der Waals surface area contributed by atoms with Crippen LogP contribution in [-0.2, 0) is 9.63 Å². The second-order valence-electron chi connectivity index (χ2n) is 2.65. The number of rotatable bonds is 6. The van der Waals surface area contributed by atoms with Gasteiger partial charge in [0.2, 0.25) is 0 Å². The molecule has 0 unspecified atom stereocenters. The Balaban J connectivity index is -0.000000500. The Kier molecular flexibility index (Phi) is 24.3. The molecule has 0 aromatic carbocycles. The van der Waals surface area contributed by atoms with Crippen LogP contribution in [0.15, 0.2) is 0 Å². The topological polar surface area (TPSA) is 52.3 Å². The molecule has 0 heterocycles. The number of nitrogens with two attached hydrogens (primary N) is 1. The van der Waals surface area contributed by atoms with Gasteiger partial charge in [-0.05, 0) is 6.42 Å². The van der Waals surface area contributed by atoms with E-state index in [-0.39, 0.29) is 65.1 Å². The molecule has 3 nitrogen and oxygen atoms in total. The molecule has 0 saturated carbocycles. The number of carbonyl (C=O) groups excluding carboxylic acids is 1. The molecule has 0 aliphatic carbocycles. The molecule has 0 rings (SSSR count). The number of carbonyl (C=O) groups is 1. The van der Waals surface area contributed by atoms with Crippen LogP contribution in [0, 0.1) is 0 Å². The van der Waals surface area contributed by atoms with Crippen LogP contribution >= 0.6 is 0 Å². The van der Waals surface area contributed by atoms with E-state index >= 15 is 0 Å². The van der Waals surface area contributed by atoms with Crippen molar-refractivity contribution < 1.29 is 9.63 Å². The van der Waals surface area contributed by atoms with Crippen LogP contribution in [0.5, 0.6) is 0 Å². The Morgan fingerprint density at radius 3 is 2.15 bits per heavy atom. The Bertz CT molecular complexity index is 112. The molecule has 2 N–H and O–H groups in total. The van der Waals surface area contributed by atoms with E-state index in [1.807, 2.05) is 0 Å². The molecule has 0 aliphatic rings. The van der Waals surface area contributed by atoms with Crippen molar-refractivity contribution in [2.45, 2.75) is 45.4 Å². The van der Waals surface area contributed by atoms with Gasteiger partial charge in [-0.2, -0.15) is 5.90 Å². The summed E-state index contributed by atoms with van der Waals surface area (Å²) >= 11 is 0. The van der Waals surface area contributed by atoms with E-state index in [9.17, 15) is 4.79 Å². The Morgan fingerprint density at radius 2 is 1.69 bits per heavy atom. The minimum atomic E-state index is -0.304. The summed E-state index contributed by atoms with van der Waals surface area (Å²) in [5.41, 5.74) is 0. The van der Waals surface area contributed by atoms with Crippen LogP contribution in [0.2, 0.25) is 0 Å². The van der Waals surface area contributed by atoms with Gasteiger partial charge in [0.25, 0.3) is 0 Å². The number of hydrogen-bond donors (Lipinski definition) is 1. The van der Waals surface area contributed by atoms with Gasteiger partial charge < -0.3 is 4.84 Å². The minimum absolute atomic E-state index is 0. The first-order valence-electron chi connectivity index (χ1n) is 4.20. The van der Waals surface area contributed by atoms with Crippen molar-refractivity contribution in [3.05, 3.63) is 0 Å². The van der Waals surface area contributed by atoms with E-state index < -0.39 is 0 Å². The van der Waals surface area contributed by atoms with E-state index in [1.165, 1.54) is 19.3 Å². The third kappa shape index (κ3) is 16.1. The molecular formula is C8H19NNa2O2. The molecule has 70 valence electrons. The van der Waals surface area contributed by atoms with Crippen LogP contribution < -0.4 is 5.90 Å². The fourth-order valence-electron chi connectivity index (χ4n) is 0.932. The van der Waals surface area contributed by atoms with Gasteiger partial charge >= 0.3 is 65.1 Å². The first-order valence-corrected chi connectivity index (χ1v) is 4.20. The maximum absolute atomic E-state index is 10.5. The quantitative estimate of drug-likeness (QED) is 0.391. The SMILES string of the molecule is CCCCCCCC(=O)ON.[NaH].[NaH]. The van der Waals surface area contributed by atoms with Crippen LogP contribution in [0.25, 0.3) is 0 Å². The van der Waals surface area contributed by atoms with Crippen LogP contribution in [0.3, 0.4) is 0 Å². The molecule has 0 aromatic rings. The Hall–Kier alpha value is 1.43. The molecular weight excluding hydrogens is 188 g/mol. The van der Waals surface area contributed by atoms with Crippen molar-refractivity contribution in [2.75, 3.05) is 0 Å². The third-order valence-corrected chi connectivity index (χ3v) is 1.62. The van der Waals surface area contributed by atoms with Crippen molar-refractivity contribution in [3.63, 3.8) is 0 Å². The summed E-state index contributed by atoms with van der Waals surface area (Å²) in [5.74, 6) is 4.36. The van der Waals surface area contributed by atoms with Gasteiger partial charge in [0.15, 0.2) is 0 Å². The molecule has 0 spiro atoms. The summed E-state index contributed by atoms with van der Waals surface area (Å²) in [5, 5.41) is 0. The summed E-state index contributed by atoms with van der Waals surface area (Å²) in [6.07, 6.45) is 6.13.